The number of para-hydroxylation sites is 1. The lowest BCUT2D eigenvalue weighted by Gasteiger charge is -2.31. The molecular weight excluding hydrogens is 332 g/mol. The molecule has 0 spiro atoms. The van der Waals surface area contributed by atoms with Crippen LogP contribution in [0.4, 0.5) is 0 Å². The number of ether oxygens (including phenoxy) is 1. The SMILES string of the molecule is C=C1NCCCN1CCC.CC.CC.CC.CC1CCc2ccccc2O1. The molecule has 1 unspecified atom stereocenters. The van der Waals surface area contributed by atoms with Gasteiger partial charge in [-0.25, -0.2) is 0 Å². The van der Waals surface area contributed by atoms with E-state index in [0.717, 1.165) is 37.5 Å². The molecule has 2 heterocycles. The van der Waals surface area contributed by atoms with Crippen LogP contribution in [0, 0.1) is 0 Å². The van der Waals surface area contributed by atoms with Gasteiger partial charge in [0.2, 0.25) is 0 Å². The molecule has 0 aromatic heterocycles. The maximum atomic E-state index is 5.63. The van der Waals surface area contributed by atoms with Crippen molar-refractivity contribution in [2.75, 3.05) is 19.6 Å². The zero-order chi connectivity index (χ0) is 21.1. The Balaban J connectivity index is 0. The molecule has 1 saturated heterocycles. The van der Waals surface area contributed by atoms with Crippen molar-refractivity contribution in [3.05, 3.63) is 42.2 Å². The minimum Gasteiger partial charge on any atom is -0.490 e. The van der Waals surface area contributed by atoms with Gasteiger partial charge in [0.05, 0.1) is 11.9 Å². The smallest absolute Gasteiger partial charge is 0.122 e. The Kier molecular flexibility index (Phi) is 19.5. The second-order valence-corrected chi connectivity index (χ2v) is 5.79. The first-order chi connectivity index (χ1) is 13.2. The largest absolute Gasteiger partial charge is 0.490 e. The highest BCUT2D eigenvalue weighted by Crippen LogP contribution is 2.26. The van der Waals surface area contributed by atoms with Crippen molar-refractivity contribution in [1.29, 1.82) is 0 Å². The third-order valence-corrected chi connectivity index (χ3v) is 3.93. The number of hydrogen-bond donors (Lipinski definition) is 1. The van der Waals surface area contributed by atoms with E-state index in [1.165, 1.54) is 24.9 Å². The second kappa shape index (κ2) is 19.1. The molecule has 0 saturated carbocycles. The molecule has 1 aromatic carbocycles. The Labute approximate surface area is 170 Å². The minimum atomic E-state index is 0.393. The van der Waals surface area contributed by atoms with Crippen molar-refractivity contribution in [3.63, 3.8) is 0 Å². The van der Waals surface area contributed by atoms with Crippen LogP contribution in [0.1, 0.15) is 80.2 Å². The van der Waals surface area contributed by atoms with Gasteiger partial charge in [0.25, 0.3) is 0 Å². The lowest BCUT2D eigenvalue weighted by atomic mass is 10.0. The Morgan fingerprint density at radius 1 is 1.11 bits per heavy atom. The summed E-state index contributed by atoms with van der Waals surface area (Å²) in [7, 11) is 0. The molecule has 1 fully saturated rings. The molecule has 158 valence electrons. The van der Waals surface area contributed by atoms with Gasteiger partial charge in [-0.05, 0) is 44.2 Å². The van der Waals surface area contributed by atoms with Gasteiger partial charge in [-0.1, -0.05) is 73.2 Å². The Morgan fingerprint density at radius 3 is 2.33 bits per heavy atom. The minimum absolute atomic E-state index is 0.393. The normalized spacial score (nSPS) is 16.7. The van der Waals surface area contributed by atoms with Crippen LogP contribution in [-0.4, -0.2) is 30.6 Å². The third-order valence-electron chi connectivity index (χ3n) is 3.93. The molecule has 3 rings (SSSR count). The number of hydrogen-bond acceptors (Lipinski definition) is 3. The average molecular weight is 379 g/mol. The molecular formula is C24H46N2O. The summed E-state index contributed by atoms with van der Waals surface area (Å²) in [5, 5.41) is 3.25. The van der Waals surface area contributed by atoms with Crippen LogP contribution in [0.3, 0.4) is 0 Å². The topological polar surface area (TPSA) is 24.5 Å². The highest BCUT2D eigenvalue weighted by Gasteiger charge is 2.14. The summed E-state index contributed by atoms with van der Waals surface area (Å²) in [4.78, 5) is 2.31. The lowest BCUT2D eigenvalue weighted by Crippen LogP contribution is -2.38. The number of fused-ring (bicyclic) bond motifs is 1. The summed E-state index contributed by atoms with van der Waals surface area (Å²) in [6.07, 6.45) is 5.17. The van der Waals surface area contributed by atoms with E-state index in [1.807, 2.05) is 53.7 Å². The van der Waals surface area contributed by atoms with Crippen LogP contribution >= 0.6 is 0 Å². The van der Waals surface area contributed by atoms with Crippen molar-refractivity contribution in [2.45, 2.75) is 87.2 Å². The maximum absolute atomic E-state index is 5.63. The highest BCUT2D eigenvalue weighted by atomic mass is 16.5. The molecule has 0 radical (unpaired) electrons. The van der Waals surface area contributed by atoms with E-state index in [9.17, 15) is 0 Å². The standard InChI is InChI=1S/C10H12O.C8H16N2.3C2H6/c1-8-6-7-9-4-2-3-5-10(9)11-8;1-3-6-10-7-4-5-9-8(10)2;3*1-2/h2-5,8H,6-7H2,1H3;9H,2-7H2,1H3;3*1-2H3. The molecule has 0 aliphatic carbocycles. The first kappa shape index (κ1) is 27.6. The van der Waals surface area contributed by atoms with Crippen molar-refractivity contribution < 1.29 is 4.74 Å². The third kappa shape index (κ3) is 11.6. The maximum Gasteiger partial charge on any atom is 0.122 e. The molecule has 2 aliphatic heterocycles. The first-order valence-electron chi connectivity index (χ1n) is 11.1. The molecule has 1 N–H and O–H groups in total. The van der Waals surface area contributed by atoms with E-state index in [0.29, 0.717) is 6.10 Å². The van der Waals surface area contributed by atoms with Crippen LogP contribution in [0.2, 0.25) is 0 Å². The van der Waals surface area contributed by atoms with Gasteiger partial charge in [0.1, 0.15) is 5.75 Å². The van der Waals surface area contributed by atoms with Gasteiger partial charge < -0.3 is 15.0 Å². The molecule has 1 aromatic rings. The quantitative estimate of drug-likeness (QED) is 0.624. The Morgan fingerprint density at radius 2 is 1.74 bits per heavy atom. The van der Waals surface area contributed by atoms with Crippen molar-refractivity contribution in [3.8, 4) is 5.75 Å². The molecule has 3 nitrogen and oxygen atoms in total. The number of rotatable bonds is 2. The van der Waals surface area contributed by atoms with E-state index in [-0.39, 0.29) is 0 Å². The number of aryl methyl sites for hydroxylation is 1. The van der Waals surface area contributed by atoms with Crippen LogP contribution in [0.5, 0.6) is 5.75 Å². The van der Waals surface area contributed by atoms with Gasteiger partial charge >= 0.3 is 0 Å². The summed E-state index contributed by atoms with van der Waals surface area (Å²) in [5.74, 6) is 2.18. The van der Waals surface area contributed by atoms with Crippen LogP contribution in [-0.2, 0) is 6.42 Å². The van der Waals surface area contributed by atoms with Crippen LogP contribution < -0.4 is 10.1 Å². The summed E-state index contributed by atoms with van der Waals surface area (Å²) in [6.45, 7) is 23.7. The van der Waals surface area contributed by atoms with E-state index < -0.39 is 0 Å². The number of nitrogens with one attached hydrogen (secondary N) is 1. The molecule has 3 heteroatoms. The van der Waals surface area contributed by atoms with Crippen molar-refractivity contribution in [1.82, 2.24) is 10.2 Å². The van der Waals surface area contributed by atoms with Gasteiger partial charge in [0, 0.05) is 19.6 Å². The summed E-state index contributed by atoms with van der Waals surface area (Å²) in [5.41, 5.74) is 1.35. The fourth-order valence-corrected chi connectivity index (χ4v) is 2.73. The van der Waals surface area contributed by atoms with Crippen LogP contribution in [0.15, 0.2) is 36.7 Å². The highest BCUT2D eigenvalue weighted by molar-refractivity contribution is 5.34. The number of nitrogens with zero attached hydrogens (tertiary/aromatic N) is 1. The first-order valence-corrected chi connectivity index (χ1v) is 11.1. The molecule has 0 bridgehead atoms. The molecule has 27 heavy (non-hydrogen) atoms. The van der Waals surface area contributed by atoms with Gasteiger partial charge in [0.15, 0.2) is 0 Å². The second-order valence-electron chi connectivity index (χ2n) is 5.79. The summed E-state index contributed by atoms with van der Waals surface area (Å²) in [6, 6.07) is 8.28. The fraction of sp³-hybridized carbons (Fsp3) is 0.667. The Hall–Kier alpha value is -1.64. The summed E-state index contributed by atoms with van der Waals surface area (Å²) < 4.78 is 5.63. The van der Waals surface area contributed by atoms with E-state index in [2.05, 4.69) is 42.8 Å². The zero-order valence-electron chi connectivity index (χ0n) is 19.4. The van der Waals surface area contributed by atoms with E-state index in [1.54, 1.807) is 0 Å². The van der Waals surface area contributed by atoms with Crippen molar-refractivity contribution >= 4 is 0 Å². The van der Waals surface area contributed by atoms with E-state index in [4.69, 9.17) is 4.74 Å². The van der Waals surface area contributed by atoms with E-state index >= 15 is 0 Å². The zero-order valence-corrected chi connectivity index (χ0v) is 19.4. The van der Waals surface area contributed by atoms with Crippen molar-refractivity contribution in [2.24, 2.45) is 0 Å². The average Bonchev–Trinajstić information content (AvgIpc) is 2.75. The predicted octanol–water partition coefficient (Wildman–Crippen LogP) is 6.64. The van der Waals surface area contributed by atoms with Gasteiger partial charge in [-0.15, -0.1) is 0 Å². The number of benzene rings is 1. The molecule has 0 amide bonds. The predicted molar refractivity (Wildman–Crippen MR) is 123 cm³/mol. The monoisotopic (exact) mass is 378 g/mol. The van der Waals surface area contributed by atoms with Crippen LogP contribution in [0.25, 0.3) is 0 Å². The van der Waals surface area contributed by atoms with Gasteiger partial charge in [-0.2, -0.15) is 0 Å². The fourth-order valence-electron chi connectivity index (χ4n) is 2.73. The molecule has 1 atom stereocenters. The lowest BCUT2D eigenvalue weighted by molar-refractivity contribution is 0.192. The summed E-state index contributed by atoms with van der Waals surface area (Å²) >= 11 is 0. The van der Waals surface area contributed by atoms with Gasteiger partial charge in [-0.3, -0.25) is 0 Å². The Bertz CT molecular complexity index is 457. The molecule has 2 aliphatic rings.